The van der Waals surface area contributed by atoms with Crippen molar-refractivity contribution in [1.29, 1.82) is 0 Å². The molecule has 0 aliphatic heterocycles. The molecular formula is C14H20O. The second-order valence-corrected chi connectivity index (χ2v) is 3.88. The summed E-state index contributed by atoms with van der Waals surface area (Å²) >= 11 is 0. The quantitative estimate of drug-likeness (QED) is 0.657. The Morgan fingerprint density at radius 3 is 2.73 bits per heavy atom. The van der Waals surface area contributed by atoms with Crippen LogP contribution in [0.4, 0.5) is 0 Å². The molecule has 0 saturated carbocycles. The Kier molecular flexibility index (Phi) is 4.41. The second kappa shape index (κ2) is 5.59. The lowest BCUT2D eigenvalue weighted by Crippen LogP contribution is -1.97. The Balaban J connectivity index is 2.86. The highest BCUT2D eigenvalue weighted by Gasteiger charge is 2.07. The van der Waals surface area contributed by atoms with Crippen LogP contribution in [0.25, 0.3) is 0 Å². The summed E-state index contributed by atoms with van der Waals surface area (Å²) in [6, 6.07) is 6.32. The van der Waals surface area contributed by atoms with Gasteiger partial charge in [-0.15, -0.1) is 6.58 Å². The highest BCUT2D eigenvalue weighted by molar-refractivity contribution is 5.36. The Morgan fingerprint density at radius 2 is 2.20 bits per heavy atom. The Labute approximate surface area is 92.8 Å². The summed E-state index contributed by atoms with van der Waals surface area (Å²) in [6.07, 6.45) is 3.00. The molecule has 0 aliphatic carbocycles. The van der Waals surface area contributed by atoms with E-state index in [4.69, 9.17) is 4.74 Å². The van der Waals surface area contributed by atoms with Crippen LogP contribution in [0.15, 0.2) is 30.9 Å². The first kappa shape index (κ1) is 11.8. The molecule has 82 valence electrons. The summed E-state index contributed by atoms with van der Waals surface area (Å²) in [4.78, 5) is 0. The molecule has 0 bridgehead atoms. The monoisotopic (exact) mass is 204 g/mol. The number of aryl methyl sites for hydroxylation is 1. The van der Waals surface area contributed by atoms with Gasteiger partial charge < -0.3 is 4.74 Å². The lowest BCUT2D eigenvalue weighted by molar-refractivity contribution is 0.340. The zero-order chi connectivity index (χ0) is 11.3. The van der Waals surface area contributed by atoms with Gasteiger partial charge in [0, 0.05) is 0 Å². The van der Waals surface area contributed by atoms with Crippen LogP contribution < -0.4 is 4.74 Å². The molecule has 1 unspecified atom stereocenters. The van der Waals surface area contributed by atoms with Gasteiger partial charge in [0.1, 0.15) is 5.75 Å². The van der Waals surface area contributed by atoms with E-state index in [1.165, 1.54) is 11.1 Å². The zero-order valence-electron chi connectivity index (χ0n) is 9.92. The van der Waals surface area contributed by atoms with Crippen molar-refractivity contribution in [3.05, 3.63) is 42.0 Å². The topological polar surface area (TPSA) is 9.23 Å². The number of hydrogen-bond donors (Lipinski definition) is 0. The van der Waals surface area contributed by atoms with Crippen molar-refractivity contribution in [3.8, 4) is 5.75 Å². The maximum atomic E-state index is 5.46. The molecule has 0 aromatic heterocycles. The summed E-state index contributed by atoms with van der Waals surface area (Å²) in [5.41, 5.74) is 2.69. The number of benzene rings is 1. The van der Waals surface area contributed by atoms with Crippen molar-refractivity contribution in [2.45, 2.75) is 33.1 Å². The fourth-order valence-electron chi connectivity index (χ4n) is 1.83. The van der Waals surface area contributed by atoms with E-state index in [2.05, 4.69) is 32.6 Å². The Morgan fingerprint density at radius 1 is 1.47 bits per heavy atom. The molecule has 1 rings (SSSR count). The van der Waals surface area contributed by atoms with Gasteiger partial charge in [0.15, 0.2) is 0 Å². The number of allylic oxidation sites excluding steroid dienone is 1. The first-order chi connectivity index (χ1) is 7.19. The minimum Gasteiger partial charge on any atom is -0.494 e. The third-order valence-corrected chi connectivity index (χ3v) is 2.60. The number of ether oxygens (including phenoxy) is 1. The van der Waals surface area contributed by atoms with Crippen molar-refractivity contribution in [2.24, 2.45) is 0 Å². The van der Waals surface area contributed by atoms with E-state index in [0.717, 1.165) is 18.8 Å². The van der Waals surface area contributed by atoms with Crippen LogP contribution in [-0.2, 0) is 0 Å². The van der Waals surface area contributed by atoms with E-state index in [1.54, 1.807) is 0 Å². The zero-order valence-corrected chi connectivity index (χ0v) is 9.92. The van der Waals surface area contributed by atoms with Crippen LogP contribution >= 0.6 is 0 Å². The molecular weight excluding hydrogens is 184 g/mol. The van der Waals surface area contributed by atoms with Crippen molar-refractivity contribution in [2.75, 3.05) is 6.61 Å². The third-order valence-electron chi connectivity index (χ3n) is 2.60. The van der Waals surface area contributed by atoms with Gasteiger partial charge in [0.25, 0.3) is 0 Å². The largest absolute Gasteiger partial charge is 0.494 e. The molecule has 1 aromatic rings. The molecule has 0 N–H and O–H groups in total. The summed E-state index contributed by atoms with van der Waals surface area (Å²) in [5, 5.41) is 0. The van der Waals surface area contributed by atoms with Gasteiger partial charge in [-0.25, -0.2) is 0 Å². The van der Waals surface area contributed by atoms with Gasteiger partial charge in [0.2, 0.25) is 0 Å². The van der Waals surface area contributed by atoms with E-state index >= 15 is 0 Å². The van der Waals surface area contributed by atoms with E-state index in [0.29, 0.717) is 5.92 Å². The minimum atomic E-state index is 0.540. The number of rotatable bonds is 5. The van der Waals surface area contributed by atoms with Crippen LogP contribution in [0.3, 0.4) is 0 Å². The smallest absolute Gasteiger partial charge is 0.119 e. The summed E-state index contributed by atoms with van der Waals surface area (Å²) in [5.74, 6) is 1.50. The van der Waals surface area contributed by atoms with Crippen LogP contribution in [0.2, 0.25) is 0 Å². The third kappa shape index (κ3) is 3.12. The van der Waals surface area contributed by atoms with E-state index in [1.807, 2.05) is 19.1 Å². The average Bonchev–Trinajstić information content (AvgIpc) is 2.18. The van der Waals surface area contributed by atoms with Crippen molar-refractivity contribution in [3.63, 3.8) is 0 Å². The lowest BCUT2D eigenvalue weighted by atomic mass is 9.94. The second-order valence-electron chi connectivity index (χ2n) is 3.88. The van der Waals surface area contributed by atoms with Gasteiger partial charge in [-0.3, -0.25) is 0 Å². The summed E-state index contributed by atoms with van der Waals surface area (Å²) in [6.45, 7) is 10.9. The summed E-state index contributed by atoms with van der Waals surface area (Å²) < 4.78 is 5.46. The van der Waals surface area contributed by atoms with Gasteiger partial charge in [0.05, 0.1) is 6.61 Å². The SMILES string of the molecule is C=CCC(C)c1ccc(OCC)cc1C. The van der Waals surface area contributed by atoms with E-state index in [-0.39, 0.29) is 0 Å². The Bertz CT molecular complexity index is 328. The maximum Gasteiger partial charge on any atom is 0.119 e. The molecule has 0 heterocycles. The fourth-order valence-corrected chi connectivity index (χ4v) is 1.83. The normalized spacial score (nSPS) is 12.2. The van der Waals surface area contributed by atoms with Crippen LogP contribution in [0.5, 0.6) is 5.75 Å². The standard InChI is InChI=1S/C14H20O/c1-5-7-11(3)14-9-8-13(15-6-2)10-12(14)4/h5,8-11H,1,6-7H2,2-4H3. The fraction of sp³-hybridized carbons (Fsp3) is 0.429. The Hall–Kier alpha value is -1.24. The van der Waals surface area contributed by atoms with Gasteiger partial charge in [-0.1, -0.05) is 19.1 Å². The van der Waals surface area contributed by atoms with Crippen molar-refractivity contribution in [1.82, 2.24) is 0 Å². The van der Waals surface area contributed by atoms with Crippen LogP contribution in [0.1, 0.15) is 37.3 Å². The molecule has 15 heavy (non-hydrogen) atoms. The highest BCUT2D eigenvalue weighted by atomic mass is 16.5. The molecule has 0 radical (unpaired) electrons. The number of hydrogen-bond acceptors (Lipinski definition) is 1. The van der Waals surface area contributed by atoms with Crippen LogP contribution in [0, 0.1) is 6.92 Å². The average molecular weight is 204 g/mol. The lowest BCUT2D eigenvalue weighted by Gasteiger charge is -2.14. The minimum absolute atomic E-state index is 0.540. The van der Waals surface area contributed by atoms with Crippen molar-refractivity contribution >= 4 is 0 Å². The van der Waals surface area contributed by atoms with Gasteiger partial charge in [-0.2, -0.15) is 0 Å². The highest BCUT2D eigenvalue weighted by Crippen LogP contribution is 2.26. The molecule has 0 spiro atoms. The van der Waals surface area contributed by atoms with Gasteiger partial charge >= 0.3 is 0 Å². The van der Waals surface area contributed by atoms with Gasteiger partial charge in [-0.05, 0) is 49.4 Å². The molecule has 0 saturated heterocycles. The summed E-state index contributed by atoms with van der Waals surface area (Å²) in [7, 11) is 0. The molecule has 1 nitrogen and oxygen atoms in total. The van der Waals surface area contributed by atoms with Crippen LogP contribution in [-0.4, -0.2) is 6.61 Å². The molecule has 1 atom stereocenters. The molecule has 1 heteroatoms. The van der Waals surface area contributed by atoms with E-state index in [9.17, 15) is 0 Å². The van der Waals surface area contributed by atoms with E-state index < -0.39 is 0 Å². The molecule has 0 aliphatic rings. The first-order valence-electron chi connectivity index (χ1n) is 5.53. The molecule has 1 aromatic carbocycles. The first-order valence-corrected chi connectivity index (χ1v) is 5.53. The van der Waals surface area contributed by atoms with Crippen molar-refractivity contribution < 1.29 is 4.74 Å². The predicted molar refractivity (Wildman–Crippen MR) is 65.6 cm³/mol. The predicted octanol–water partition coefficient (Wildman–Crippen LogP) is 4.07. The molecule has 0 amide bonds. The maximum absolute atomic E-state index is 5.46. The molecule has 0 fully saturated rings.